The van der Waals surface area contributed by atoms with E-state index in [9.17, 15) is 0 Å². The van der Waals surface area contributed by atoms with E-state index in [4.69, 9.17) is 0 Å². The van der Waals surface area contributed by atoms with Crippen molar-refractivity contribution >= 4 is 17.3 Å². The van der Waals surface area contributed by atoms with Gasteiger partial charge in [-0.3, -0.25) is 4.99 Å². The Morgan fingerprint density at radius 3 is 2.59 bits per heavy atom. The fourth-order valence-electron chi connectivity index (χ4n) is 3.28. The van der Waals surface area contributed by atoms with Crippen molar-refractivity contribution in [3.8, 4) is 0 Å². The van der Waals surface area contributed by atoms with Crippen molar-refractivity contribution < 1.29 is 0 Å². The van der Waals surface area contributed by atoms with Crippen LogP contribution in [0.5, 0.6) is 0 Å². The highest BCUT2D eigenvalue weighted by atomic mass is 32.1. The summed E-state index contributed by atoms with van der Waals surface area (Å²) in [7, 11) is 1.83. The number of thiophene rings is 1. The van der Waals surface area contributed by atoms with Gasteiger partial charge in [-0.1, -0.05) is 13.8 Å². The van der Waals surface area contributed by atoms with E-state index < -0.39 is 0 Å². The number of nitrogens with one attached hydrogen (secondary N) is 2. The molecule has 1 aliphatic heterocycles. The topological polar surface area (TPSA) is 39.7 Å². The molecule has 124 valence electrons. The summed E-state index contributed by atoms with van der Waals surface area (Å²) in [6, 6.07) is 4.34. The number of hydrogen-bond acceptors (Lipinski definition) is 3. The summed E-state index contributed by atoms with van der Waals surface area (Å²) in [4.78, 5) is 9.58. The van der Waals surface area contributed by atoms with Crippen molar-refractivity contribution in [2.75, 3.05) is 33.2 Å². The lowest BCUT2D eigenvalue weighted by Crippen LogP contribution is -2.45. The van der Waals surface area contributed by atoms with Crippen LogP contribution in [-0.2, 0) is 6.54 Å². The highest BCUT2D eigenvalue weighted by Gasteiger charge is 2.21. The third-order valence-corrected chi connectivity index (χ3v) is 5.12. The van der Waals surface area contributed by atoms with Gasteiger partial charge in [-0.05, 0) is 37.3 Å². The third-order valence-electron chi connectivity index (χ3n) is 4.11. The Morgan fingerprint density at radius 1 is 1.27 bits per heavy atom. The molecule has 2 heterocycles. The van der Waals surface area contributed by atoms with Gasteiger partial charge < -0.3 is 15.5 Å². The zero-order chi connectivity index (χ0) is 15.9. The molecule has 1 aromatic heterocycles. The van der Waals surface area contributed by atoms with Crippen molar-refractivity contribution in [3.63, 3.8) is 0 Å². The second-order valence-electron chi connectivity index (χ2n) is 6.57. The zero-order valence-electron chi connectivity index (χ0n) is 14.4. The lowest BCUT2D eigenvalue weighted by Gasteiger charge is -2.35. The Kier molecular flexibility index (Phi) is 6.70. The standard InChI is InChI=1S/C17H30N4S/c1-13-9-14(2)12-21(11-13)8-7-19-17(18-4)20-10-16-6-5-15(3)22-16/h5-6,13-14H,7-12H2,1-4H3,(H2,18,19,20). The number of rotatable bonds is 5. The van der Waals surface area contributed by atoms with Crippen LogP contribution in [0.4, 0.5) is 0 Å². The van der Waals surface area contributed by atoms with Gasteiger partial charge in [0.1, 0.15) is 0 Å². The van der Waals surface area contributed by atoms with Gasteiger partial charge in [0.25, 0.3) is 0 Å². The first-order valence-electron chi connectivity index (χ1n) is 8.29. The van der Waals surface area contributed by atoms with E-state index in [1.807, 2.05) is 18.4 Å². The minimum atomic E-state index is 0.822. The highest BCUT2D eigenvalue weighted by Crippen LogP contribution is 2.20. The number of aryl methyl sites for hydroxylation is 1. The van der Waals surface area contributed by atoms with Gasteiger partial charge in [-0.25, -0.2) is 0 Å². The average Bonchev–Trinajstić information content (AvgIpc) is 2.87. The number of hydrogen-bond donors (Lipinski definition) is 2. The summed E-state index contributed by atoms with van der Waals surface area (Å²) >= 11 is 1.83. The molecule has 4 nitrogen and oxygen atoms in total. The predicted molar refractivity (Wildman–Crippen MR) is 96.6 cm³/mol. The fourth-order valence-corrected chi connectivity index (χ4v) is 4.11. The molecule has 1 aliphatic rings. The third kappa shape index (κ3) is 5.61. The summed E-state index contributed by atoms with van der Waals surface area (Å²) in [5.74, 6) is 2.54. The van der Waals surface area contributed by atoms with Crippen LogP contribution in [-0.4, -0.2) is 44.1 Å². The van der Waals surface area contributed by atoms with Gasteiger partial charge >= 0.3 is 0 Å². The number of likely N-dealkylation sites (tertiary alicyclic amines) is 1. The second kappa shape index (κ2) is 8.53. The summed E-state index contributed by atoms with van der Waals surface area (Å²) < 4.78 is 0. The first-order valence-corrected chi connectivity index (χ1v) is 9.10. The number of piperidine rings is 1. The minimum Gasteiger partial charge on any atom is -0.355 e. The molecule has 1 aromatic rings. The van der Waals surface area contributed by atoms with E-state index in [1.165, 1.54) is 29.3 Å². The molecule has 0 aliphatic carbocycles. The Labute approximate surface area is 139 Å². The van der Waals surface area contributed by atoms with E-state index in [0.29, 0.717) is 0 Å². The van der Waals surface area contributed by atoms with Crippen LogP contribution >= 0.6 is 11.3 Å². The van der Waals surface area contributed by atoms with Crippen LogP contribution < -0.4 is 10.6 Å². The van der Waals surface area contributed by atoms with Crippen LogP contribution in [0.3, 0.4) is 0 Å². The Bertz CT molecular complexity index is 473. The monoisotopic (exact) mass is 322 g/mol. The molecular formula is C17H30N4S. The molecule has 2 atom stereocenters. The number of aliphatic imine (C=N–C) groups is 1. The fraction of sp³-hybridized carbons (Fsp3) is 0.706. The number of nitrogens with zero attached hydrogens (tertiary/aromatic N) is 2. The molecule has 2 unspecified atom stereocenters. The maximum absolute atomic E-state index is 4.30. The van der Waals surface area contributed by atoms with Gasteiger partial charge in [0, 0.05) is 43.0 Å². The molecule has 2 N–H and O–H groups in total. The number of guanidine groups is 1. The van der Waals surface area contributed by atoms with Crippen molar-refractivity contribution in [2.24, 2.45) is 16.8 Å². The molecule has 0 aromatic carbocycles. The first kappa shape index (κ1) is 17.3. The van der Waals surface area contributed by atoms with Crippen LogP contribution in [0.1, 0.15) is 30.0 Å². The van der Waals surface area contributed by atoms with Crippen molar-refractivity contribution in [2.45, 2.75) is 33.7 Å². The Morgan fingerprint density at radius 2 is 2.00 bits per heavy atom. The molecule has 0 amide bonds. The van der Waals surface area contributed by atoms with E-state index >= 15 is 0 Å². The average molecular weight is 323 g/mol. The molecular weight excluding hydrogens is 292 g/mol. The summed E-state index contributed by atoms with van der Waals surface area (Å²) in [6.45, 7) is 12.2. The van der Waals surface area contributed by atoms with E-state index in [-0.39, 0.29) is 0 Å². The first-order chi connectivity index (χ1) is 10.6. The van der Waals surface area contributed by atoms with Gasteiger partial charge in [-0.2, -0.15) is 0 Å². The Balaban J connectivity index is 1.68. The minimum absolute atomic E-state index is 0.822. The lowest BCUT2D eigenvalue weighted by molar-refractivity contribution is 0.143. The van der Waals surface area contributed by atoms with Crippen molar-refractivity contribution in [1.82, 2.24) is 15.5 Å². The van der Waals surface area contributed by atoms with Crippen molar-refractivity contribution in [1.29, 1.82) is 0 Å². The lowest BCUT2D eigenvalue weighted by atomic mass is 9.92. The molecule has 2 rings (SSSR count). The van der Waals surface area contributed by atoms with Gasteiger partial charge in [-0.15, -0.1) is 11.3 Å². The molecule has 0 saturated carbocycles. The zero-order valence-corrected chi connectivity index (χ0v) is 15.2. The molecule has 0 spiro atoms. The SMILES string of the molecule is CN=C(NCCN1CC(C)CC(C)C1)NCc1ccc(C)s1. The van der Waals surface area contributed by atoms with E-state index in [1.54, 1.807) is 0 Å². The van der Waals surface area contributed by atoms with Crippen LogP contribution in [0.15, 0.2) is 17.1 Å². The van der Waals surface area contributed by atoms with Crippen molar-refractivity contribution in [3.05, 3.63) is 21.9 Å². The van der Waals surface area contributed by atoms with Gasteiger partial charge in [0.05, 0.1) is 6.54 Å². The van der Waals surface area contributed by atoms with Crippen LogP contribution in [0.2, 0.25) is 0 Å². The predicted octanol–water partition coefficient (Wildman–Crippen LogP) is 2.70. The van der Waals surface area contributed by atoms with Crippen LogP contribution in [0.25, 0.3) is 0 Å². The summed E-state index contributed by atoms with van der Waals surface area (Å²) in [5, 5.41) is 6.81. The van der Waals surface area contributed by atoms with E-state index in [0.717, 1.165) is 37.4 Å². The highest BCUT2D eigenvalue weighted by molar-refractivity contribution is 7.11. The molecule has 1 fully saturated rings. The summed E-state index contributed by atoms with van der Waals surface area (Å²) in [5.41, 5.74) is 0. The molecule has 5 heteroatoms. The van der Waals surface area contributed by atoms with Gasteiger partial charge in [0.2, 0.25) is 0 Å². The maximum Gasteiger partial charge on any atom is 0.191 e. The Hall–Kier alpha value is -1.07. The van der Waals surface area contributed by atoms with Crippen LogP contribution in [0, 0.1) is 18.8 Å². The molecule has 0 bridgehead atoms. The largest absolute Gasteiger partial charge is 0.355 e. The van der Waals surface area contributed by atoms with Gasteiger partial charge in [0.15, 0.2) is 5.96 Å². The summed E-state index contributed by atoms with van der Waals surface area (Å²) in [6.07, 6.45) is 1.37. The molecule has 22 heavy (non-hydrogen) atoms. The normalized spacial score (nSPS) is 23.5. The maximum atomic E-state index is 4.30. The smallest absolute Gasteiger partial charge is 0.191 e. The van der Waals surface area contributed by atoms with E-state index in [2.05, 4.69) is 53.4 Å². The second-order valence-corrected chi connectivity index (χ2v) is 7.94. The quantitative estimate of drug-likeness (QED) is 0.647. The molecule has 1 saturated heterocycles. The molecule has 0 radical (unpaired) electrons.